The Hall–Kier alpha value is -0.910. The number of rotatable bonds is 4. The van der Waals surface area contributed by atoms with Crippen molar-refractivity contribution in [3.8, 4) is 0 Å². The maximum Gasteiger partial charge on any atom is 0.235 e. The van der Waals surface area contributed by atoms with Crippen molar-refractivity contribution in [3.63, 3.8) is 0 Å². The summed E-state index contributed by atoms with van der Waals surface area (Å²) < 4.78 is 6.07. The van der Waals surface area contributed by atoms with Crippen LogP contribution >= 0.6 is 15.9 Å². The first-order chi connectivity index (χ1) is 8.57. The normalized spacial score (nSPS) is 17.1. The van der Waals surface area contributed by atoms with Crippen molar-refractivity contribution in [1.82, 2.24) is 4.90 Å². The molecule has 0 spiro atoms. The zero-order valence-corrected chi connectivity index (χ0v) is 11.8. The maximum absolute atomic E-state index is 12.2. The van der Waals surface area contributed by atoms with Crippen LogP contribution in [0.3, 0.4) is 0 Å². The van der Waals surface area contributed by atoms with Crippen LogP contribution in [0.15, 0.2) is 28.7 Å². The van der Waals surface area contributed by atoms with E-state index in [0.717, 1.165) is 10.0 Å². The second-order valence-electron chi connectivity index (χ2n) is 4.72. The van der Waals surface area contributed by atoms with E-state index in [-0.39, 0.29) is 12.5 Å². The first-order valence-corrected chi connectivity index (χ1v) is 6.55. The second-order valence-corrected chi connectivity index (χ2v) is 5.63. The van der Waals surface area contributed by atoms with Gasteiger partial charge in [-0.05, 0) is 17.7 Å². The zero-order valence-electron chi connectivity index (χ0n) is 10.2. The third-order valence-corrected chi connectivity index (χ3v) is 3.72. The molecule has 0 unspecified atom stereocenters. The van der Waals surface area contributed by atoms with E-state index < -0.39 is 5.41 Å². The number of carbonyl (C=O) groups is 1. The molecule has 0 aliphatic carbocycles. The van der Waals surface area contributed by atoms with Crippen molar-refractivity contribution in [1.29, 1.82) is 0 Å². The van der Waals surface area contributed by atoms with E-state index in [1.807, 2.05) is 24.3 Å². The van der Waals surface area contributed by atoms with Crippen molar-refractivity contribution in [2.45, 2.75) is 6.54 Å². The number of carbonyl (C=O) groups excluding carboxylic acids is 1. The zero-order chi connectivity index (χ0) is 13.2. The molecule has 1 aliphatic rings. The number of ether oxygens (including phenoxy) is 1. The third kappa shape index (κ3) is 2.58. The minimum atomic E-state index is -0.718. The summed E-state index contributed by atoms with van der Waals surface area (Å²) in [6, 6.07) is 7.83. The molecule has 4 nitrogen and oxygen atoms in total. The molecule has 1 heterocycles. The number of halogens is 1. The van der Waals surface area contributed by atoms with Gasteiger partial charge in [-0.15, -0.1) is 0 Å². The minimum Gasteiger partial charge on any atom is -0.395 e. The predicted octanol–water partition coefficient (Wildman–Crippen LogP) is 1.42. The lowest BCUT2D eigenvalue weighted by atomic mass is 9.85. The summed E-state index contributed by atoms with van der Waals surface area (Å²) in [6.45, 7) is 1.00. The molecule has 1 aliphatic heterocycles. The fourth-order valence-electron chi connectivity index (χ4n) is 1.97. The van der Waals surface area contributed by atoms with E-state index in [4.69, 9.17) is 4.74 Å². The fraction of sp³-hybridized carbons (Fsp3) is 0.462. The number of hydrogen-bond donors (Lipinski definition) is 1. The van der Waals surface area contributed by atoms with Crippen molar-refractivity contribution >= 4 is 21.8 Å². The first kappa shape index (κ1) is 13.5. The quantitative estimate of drug-likeness (QED) is 0.914. The van der Waals surface area contributed by atoms with Crippen LogP contribution in [0.25, 0.3) is 0 Å². The minimum absolute atomic E-state index is 0.0563. The van der Waals surface area contributed by atoms with Gasteiger partial charge in [0.15, 0.2) is 0 Å². The van der Waals surface area contributed by atoms with Crippen LogP contribution in [-0.4, -0.2) is 42.8 Å². The van der Waals surface area contributed by atoms with Crippen molar-refractivity contribution in [3.05, 3.63) is 34.3 Å². The Balaban J connectivity index is 2.01. The lowest BCUT2D eigenvalue weighted by Gasteiger charge is -2.40. The Bertz CT molecular complexity index is 423. The third-order valence-electron chi connectivity index (χ3n) is 3.19. The number of hydrogen-bond acceptors (Lipinski definition) is 3. The Morgan fingerprint density at radius 2 is 2.06 bits per heavy atom. The Morgan fingerprint density at radius 3 is 2.50 bits per heavy atom. The molecule has 2 rings (SSSR count). The molecule has 98 valence electrons. The fourth-order valence-corrected chi connectivity index (χ4v) is 2.24. The molecule has 1 aromatic rings. The van der Waals surface area contributed by atoms with Gasteiger partial charge in [-0.25, -0.2) is 0 Å². The molecule has 0 bridgehead atoms. The summed E-state index contributed by atoms with van der Waals surface area (Å²) in [5.41, 5.74) is 0.340. The molecule has 1 N–H and O–H groups in total. The van der Waals surface area contributed by atoms with Gasteiger partial charge in [-0.2, -0.15) is 0 Å². The number of aliphatic hydroxyl groups excluding tert-OH is 1. The van der Waals surface area contributed by atoms with Crippen LogP contribution in [0.1, 0.15) is 5.56 Å². The molecule has 1 fully saturated rings. The van der Waals surface area contributed by atoms with Gasteiger partial charge >= 0.3 is 0 Å². The molecule has 1 amide bonds. The molecule has 1 aromatic carbocycles. The first-order valence-electron chi connectivity index (χ1n) is 5.76. The Kier molecular flexibility index (Phi) is 4.04. The van der Waals surface area contributed by atoms with Gasteiger partial charge in [0.2, 0.25) is 5.91 Å². The summed E-state index contributed by atoms with van der Waals surface area (Å²) in [6.07, 6.45) is 0. The largest absolute Gasteiger partial charge is 0.395 e. The molecule has 5 heteroatoms. The van der Waals surface area contributed by atoms with Crippen molar-refractivity contribution in [2.24, 2.45) is 5.41 Å². The number of nitrogens with zero attached hydrogens (tertiary/aromatic N) is 1. The van der Waals surface area contributed by atoms with E-state index in [2.05, 4.69) is 15.9 Å². The van der Waals surface area contributed by atoms with Gasteiger partial charge in [-0.1, -0.05) is 28.1 Å². The Labute approximate surface area is 115 Å². The van der Waals surface area contributed by atoms with Gasteiger partial charge in [0, 0.05) is 18.1 Å². The monoisotopic (exact) mass is 313 g/mol. The lowest BCUT2D eigenvalue weighted by Crippen LogP contribution is -2.56. The number of aliphatic hydroxyl groups is 1. The predicted molar refractivity (Wildman–Crippen MR) is 71.0 cm³/mol. The van der Waals surface area contributed by atoms with Crippen molar-refractivity contribution < 1.29 is 14.6 Å². The highest BCUT2D eigenvalue weighted by molar-refractivity contribution is 9.10. The molecular weight excluding hydrogens is 298 g/mol. The molecule has 18 heavy (non-hydrogen) atoms. The number of benzene rings is 1. The van der Waals surface area contributed by atoms with Crippen molar-refractivity contribution in [2.75, 3.05) is 26.9 Å². The lowest BCUT2D eigenvalue weighted by molar-refractivity contribution is -0.179. The highest BCUT2D eigenvalue weighted by atomic mass is 79.9. The van der Waals surface area contributed by atoms with Crippen LogP contribution in [-0.2, 0) is 16.1 Å². The van der Waals surface area contributed by atoms with Crippen LogP contribution < -0.4 is 0 Å². The number of amides is 1. The standard InChI is InChI=1S/C13H16BrNO3/c1-15(6-10-2-4-11(14)5-3-10)12(17)13(7-16)8-18-9-13/h2-5,16H,6-9H2,1H3. The summed E-state index contributed by atoms with van der Waals surface area (Å²) >= 11 is 3.37. The molecular formula is C13H16BrNO3. The van der Waals surface area contributed by atoms with Gasteiger partial charge < -0.3 is 14.7 Å². The molecule has 0 saturated carbocycles. The van der Waals surface area contributed by atoms with Crippen LogP contribution in [0.2, 0.25) is 0 Å². The van der Waals surface area contributed by atoms with Crippen LogP contribution in [0.4, 0.5) is 0 Å². The smallest absolute Gasteiger partial charge is 0.235 e. The van der Waals surface area contributed by atoms with Crippen LogP contribution in [0.5, 0.6) is 0 Å². The van der Waals surface area contributed by atoms with Gasteiger partial charge in [0.25, 0.3) is 0 Å². The average molecular weight is 314 g/mol. The van der Waals surface area contributed by atoms with E-state index in [0.29, 0.717) is 19.8 Å². The average Bonchev–Trinajstić information content (AvgIpc) is 2.31. The highest BCUT2D eigenvalue weighted by Crippen LogP contribution is 2.29. The highest BCUT2D eigenvalue weighted by Gasteiger charge is 2.46. The topological polar surface area (TPSA) is 49.8 Å². The summed E-state index contributed by atoms with van der Waals surface area (Å²) in [7, 11) is 1.75. The molecule has 0 atom stereocenters. The van der Waals surface area contributed by atoms with E-state index in [9.17, 15) is 9.90 Å². The summed E-state index contributed by atoms with van der Waals surface area (Å²) in [5, 5.41) is 9.32. The van der Waals surface area contributed by atoms with Gasteiger partial charge in [0.1, 0.15) is 5.41 Å². The van der Waals surface area contributed by atoms with Gasteiger partial charge in [0.05, 0.1) is 19.8 Å². The van der Waals surface area contributed by atoms with Crippen LogP contribution in [0, 0.1) is 5.41 Å². The molecule has 0 radical (unpaired) electrons. The molecule has 1 saturated heterocycles. The molecule has 0 aromatic heterocycles. The Morgan fingerprint density at radius 1 is 1.44 bits per heavy atom. The summed E-state index contributed by atoms with van der Waals surface area (Å²) in [4.78, 5) is 13.9. The SMILES string of the molecule is CN(Cc1ccc(Br)cc1)C(=O)C1(CO)COC1. The second kappa shape index (κ2) is 5.38. The van der Waals surface area contributed by atoms with E-state index >= 15 is 0 Å². The summed E-state index contributed by atoms with van der Waals surface area (Å²) in [5.74, 6) is -0.0563. The maximum atomic E-state index is 12.2. The van der Waals surface area contributed by atoms with Gasteiger partial charge in [-0.3, -0.25) is 4.79 Å². The van der Waals surface area contributed by atoms with E-state index in [1.54, 1.807) is 11.9 Å². The van der Waals surface area contributed by atoms with E-state index in [1.165, 1.54) is 0 Å².